The first-order valence-corrected chi connectivity index (χ1v) is 12.6. The molecule has 3 heterocycles. The summed E-state index contributed by atoms with van der Waals surface area (Å²) in [5.74, 6) is 1.38. The Balaban J connectivity index is 1.42. The normalized spacial score (nSPS) is 17.2. The summed E-state index contributed by atoms with van der Waals surface area (Å²) in [5.41, 5.74) is 4.42. The molecule has 8 heteroatoms. The van der Waals surface area contributed by atoms with E-state index >= 15 is 0 Å². The maximum Gasteiger partial charge on any atom is 0.410 e. The Morgan fingerprint density at radius 3 is 2.43 bits per heavy atom. The smallest absolute Gasteiger partial charge is 0.410 e. The molecular formula is C27H34N6O2. The molecule has 1 aliphatic heterocycles. The lowest BCUT2D eigenvalue weighted by molar-refractivity contribution is 0.0240. The molecule has 2 fully saturated rings. The Labute approximate surface area is 206 Å². The van der Waals surface area contributed by atoms with Crippen LogP contribution in [0.5, 0.6) is 0 Å². The largest absolute Gasteiger partial charge is 0.444 e. The molecule has 184 valence electrons. The molecule has 1 saturated heterocycles. The molecule has 2 aromatic heterocycles. The van der Waals surface area contributed by atoms with E-state index in [9.17, 15) is 4.79 Å². The molecule has 0 N–H and O–H groups in total. The van der Waals surface area contributed by atoms with Crippen LogP contribution in [0.15, 0.2) is 47.6 Å². The van der Waals surface area contributed by atoms with Crippen LogP contribution in [0.4, 0.5) is 16.3 Å². The summed E-state index contributed by atoms with van der Waals surface area (Å²) in [4.78, 5) is 26.6. The first-order chi connectivity index (χ1) is 16.8. The van der Waals surface area contributed by atoms with Gasteiger partial charge in [0.25, 0.3) is 0 Å². The van der Waals surface area contributed by atoms with Crippen molar-refractivity contribution in [2.75, 3.05) is 31.1 Å². The third kappa shape index (κ3) is 5.16. The standard InChI is InChI=1S/C27H34N6O2/c1-5-21-24(29-23(20-11-12-20)19-9-7-6-8-10-19)25-28-22(13-14-33(25)30-21)31-15-17-32(18-16-31)26(34)35-27(2,3)4/h6-10,13-14,20H,5,11-12,15-18H2,1-4H3/b29-23-. The number of benzene rings is 1. The molecule has 8 nitrogen and oxygen atoms in total. The predicted molar refractivity (Wildman–Crippen MR) is 138 cm³/mol. The van der Waals surface area contributed by atoms with Gasteiger partial charge in [-0.3, -0.25) is 0 Å². The van der Waals surface area contributed by atoms with E-state index in [0.717, 1.165) is 35.0 Å². The number of ether oxygens (including phenoxy) is 1. The first kappa shape index (κ1) is 23.3. The molecule has 0 unspecified atom stereocenters. The van der Waals surface area contributed by atoms with E-state index < -0.39 is 5.60 Å². The van der Waals surface area contributed by atoms with E-state index in [1.54, 1.807) is 4.90 Å². The minimum Gasteiger partial charge on any atom is -0.444 e. The highest BCUT2D eigenvalue weighted by atomic mass is 16.6. The van der Waals surface area contributed by atoms with Gasteiger partial charge in [-0.1, -0.05) is 37.3 Å². The second-order valence-electron chi connectivity index (χ2n) is 10.3. The Morgan fingerprint density at radius 1 is 1.09 bits per heavy atom. The SMILES string of the molecule is CCc1nn2ccc(N3CCN(C(=O)OC(C)(C)C)CC3)nc2c1/N=C(/c1ccccc1)C1CC1. The number of piperazine rings is 1. The van der Waals surface area contributed by atoms with E-state index in [-0.39, 0.29) is 6.09 Å². The van der Waals surface area contributed by atoms with Gasteiger partial charge in [-0.2, -0.15) is 5.10 Å². The van der Waals surface area contributed by atoms with Gasteiger partial charge in [0, 0.05) is 38.3 Å². The lowest BCUT2D eigenvalue weighted by Crippen LogP contribution is -2.50. The number of fused-ring (bicyclic) bond motifs is 1. The van der Waals surface area contributed by atoms with Gasteiger partial charge in [-0.05, 0) is 51.7 Å². The third-order valence-corrected chi connectivity index (χ3v) is 6.37. The van der Waals surface area contributed by atoms with E-state index in [1.165, 1.54) is 18.4 Å². The summed E-state index contributed by atoms with van der Waals surface area (Å²) in [6.07, 6.45) is 4.85. The Kier molecular flexibility index (Phi) is 6.21. The number of carbonyl (C=O) groups is 1. The Bertz CT molecular complexity index is 1230. The van der Waals surface area contributed by atoms with Crippen molar-refractivity contribution < 1.29 is 9.53 Å². The fraction of sp³-hybridized carbons (Fsp3) is 0.481. The topological polar surface area (TPSA) is 75.3 Å². The number of hydrogen-bond donors (Lipinski definition) is 0. The maximum atomic E-state index is 12.4. The van der Waals surface area contributed by atoms with E-state index in [4.69, 9.17) is 19.8 Å². The maximum absolute atomic E-state index is 12.4. The second kappa shape index (κ2) is 9.32. The number of aliphatic imine (C=N–C) groups is 1. The molecule has 0 atom stereocenters. The van der Waals surface area contributed by atoms with Gasteiger partial charge in [-0.15, -0.1) is 0 Å². The van der Waals surface area contributed by atoms with Crippen molar-refractivity contribution >= 4 is 29.0 Å². The zero-order valence-corrected chi connectivity index (χ0v) is 21.1. The van der Waals surface area contributed by atoms with Crippen LogP contribution in [0.1, 0.15) is 51.8 Å². The van der Waals surface area contributed by atoms with Crippen molar-refractivity contribution in [2.24, 2.45) is 10.9 Å². The molecule has 0 bridgehead atoms. The lowest BCUT2D eigenvalue weighted by Gasteiger charge is -2.36. The fourth-order valence-electron chi connectivity index (χ4n) is 4.40. The summed E-state index contributed by atoms with van der Waals surface area (Å²) in [6, 6.07) is 12.4. The average Bonchev–Trinajstić information content (AvgIpc) is 3.63. The number of carbonyl (C=O) groups excluding carboxylic acids is 1. The average molecular weight is 475 g/mol. The van der Waals surface area contributed by atoms with Crippen molar-refractivity contribution in [3.05, 3.63) is 53.9 Å². The van der Waals surface area contributed by atoms with Crippen LogP contribution in [0, 0.1) is 5.92 Å². The van der Waals surface area contributed by atoms with Gasteiger partial charge in [0.05, 0.1) is 11.4 Å². The van der Waals surface area contributed by atoms with Crippen molar-refractivity contribution in [1.29, 1.82) is 0 Å². The minimum atomic E-state index is -0.490. The highest BCUT2D eigenvalue weighted by Crippen LogP contribution is 2.36. The van der Waals surface area contributed by atoms with E-state index in [1.807, 2.05) is 43.6 Å². The summed E-state index contributed by atoms with van der Waals surface area (Å²) >= 11 is 0. The van der Waals surface area contributed by atoms with Gasteiger partial charge in [-0.25, -0.2) is 19.3 Å². The van der Waals surface area contributed by atoms with Gasteiger partial charge < -0.3 is 14.5 Å². The van der Waals surface area contributed by atoms with Gasteiger partial charge >= 0.3 is 6.09 Å². The van der Waals surface area contributed by atoms with Gasteiger partial charge in [0.2, 0.25) is 0 Å². The quantitative estimate of drug-likeness (QED) is 0.493. The molecule has 35 heavy (non-hydrogen) atoms. The zero-order chi connectivity index (χ0) is 24.6. The predicted octanol–water partition coefficient (Wildman–Crippen LogP) is 4.88. The van der Waals surface area contributed by atoms with Crippen LogP contribution in [0.2, 0.25) is 0 Å². The number of hydrogen-bond acceptors (Lipinski definition) is 6. The number of amides is 1. The molecule has 5 rings (SSSR count). The second-order valence-corrected chi connectivity index (χ2v) is 10.3. The molecular weight excluding hydrogens is 440 g/mol. The molecule has 0 radical (unpaired) electrons. The summed E-state index contributed by atoms with van der Waals surface area (Å²) in [5, 5.41) is 4.77. The van der Waals surface area contributed by atoms with E-state index in [2.05, 4.69) is 36.1 Å². The lowest BCUT2D eigenvalue weighted by atomic mass is 10.1. The molecule has 0 spiro atoms. The highest BCUT2D eigenvalue weighted by molar-refractivity contribution is 6.05. The van der Waals surface area contributed by atoms with Crippen LogP contribution in [0.3, 0.4) is 0 Å². The molecule has 1 amide bonds. The number of aromatic nitrogens is 3. The van der Waals surface area contributed by atoms with Crippen LogP contribution < -0.4 is 4.90 Å². The number of rotatable bonds is 5. The van der Waals surface area contributed by atoms with Crippen molar-refractivity contribution in [3.8, 4) is 0 Å². The molecule has 1 aromatic carbocycles. The fourth-order valence-corrected chi connectivity index (χ4v) is 4.40. The van der Waals surface area contributed by atoms with Gasteiger partial charge in [0.1, 0.15) is 17.1 Å². The number of anilines is 1. The molecule has 2 aliphatic rings. The van der Waals surface area contributed by atoms with Gasteiger partial charge in [0.15, 0.2) is 5.65 Å². The summed E-state index contributed by atoms with van der Waals surface area (Å²) in [7, 11) is 0. The zero-order valence-electron chi connectivity index (χ0n) is 21.1. The molecule has 1 saturated carbocycles. The monoisotopic (exact) mass is 474 g/mol. The molecule has 1 aliphatic carbocycles. The Hall–Kier alpha value is -3.42. The van der Waals surface area contributed by atoms with Crippen molar-refractivity contribution in [1.82, 2.24) is 19.5 Å². The van der Waals surface area contributed by atoms with Crippen LogP contribution in [-0.4, -0.2) is 63.1 Å². The minimum absolute atomic E-state index is 0.255. The van der Waals surface area contributed by atoms with Crippen molar-refractivity contribution in [2.45, 2.75) is 52.6 Å². The summed E-state index contributed by atoms with van der Waals surface area (Å²) in [6.45, 7) is 10.4. The van der Waals surface area contributed by atoms with Crippen LogP contribution >= 0.6 is 0 Å². The van der Waals surface area contributed by atoms with Crippen molar-refractivity contribution in [3.63, 3.8) is 0 Å². The van der Waals surface area contributed by atoms with Crippen LogP contribution in [-0.2, 0) is 11.2 Å². The first-order valence-electron chi connectivity index (χ1n) is 12.6. The number of nitrogens with zero attached hydrogens (tertiary/aromatic N) is 6. The van der Waals surface area contributed by atoms with Crippen LogP contribution in [0.25, 0.3) is 5.65 Å². The molecule has 3 aromatic rings. The summed E-state index contributed by atoms with van der Waals surface area (Å²) < 4.78 is 7.37. The highest BCUT2D eigenvalue weighted by Gasteiger charge is 2.30. The van der Waals surface area contributed by atoms with E-state index in [0.29, 0.717) is 32.1 Å². The third-order valence-electron chi connectivity index (χ3n) is 6.37. The number of aryl methyl sites for hydroxylation is 1. The Morgan fingerprint density at radius 2 is 1.80 bits per heavy atom.